The molecule has 5 nitrogen and oxygen atoms in total. The molecule has 2 amide bonds. The van der Waals surface area contributed by atoms with E-state index in [2.05, 4.69) is 10.6 Å². The molecule has 0 unspecified atom stereocenters. The third-order valence-electron chi connectivity index (χ3n) is 5.12. The summed E-state index contributed by atoms with van der Waals surface area (Å²) in [5.41, 5.74) is 0.462. The van der Waals surface area contributed by atoms with Crippen molar-refractivity contribution in [1.82, 2.24) is 10.6 Å². The highest BCUT2D eigenvalue weighted by Gasteiger charge is 2.27. The second kappa shape index (κ2) is 11.0. The first kappa shape index (κ1) is 21.3. The molecule has 1 aromatic carbocycles. The number of amides is 2. The van der Waals surface area contributed by atoms with Crippen LogP contribution in [0, 0.1) is 5.92 Å². The second-order valence-corrected chi connectivity index (χ2v) is 7.67. The lowest BCUT2D eigenvalue weighted by molar-refractivity contribution is -0.124. The van der Waals surface area contributed by atoms with Crippen LogP contribution in [-0.4, -0.2) is 30.5 Å². The molecule has 0 radical (unpaired) electrons. The van der Waals surface area contributed by atoms with Gasteiger partial charge in [0.25, 0.3) is 5.91 Å². The molecule has 0 aromatic heterocycles. The average molecular weight is 375 g/mol. The molecule has 1 aliphatic rings. The van der Waals surface area contributed by atoms with Gasteiger partial charge in [-0.15, -0.1) is 0 Å². The fourth-order valence-electron chi connectivity index (χ4n) is 3.58. The molecule has 0 spiro atoms. The number of hydrogen-bond acceptors (Lipinski definition) is 3. The van der Waals surface area contributed by atoms with Crippen LogP contribution in [0.3, 0.4) is 0 Å². The van der Waals surface area contributed by atoms with Gasteiger partial charge in [-0.05, 0) is 37.8 Å². The van der Waals surface area contributed by atoms with Crippen molar-refractivity contribution in [1.29, 1.82) is 0 Å². The van der Waals surface area contributed by atoms with Crippen molar-refractivity contribution in [2.45, 2.75) is 77.8 Å². The fourth-order valence-corrected chi connectivity index (χ4v) is 3.58. The summed E-state index contributed by atoms with van der Waals surface area (Å²) in [5.74, 6) is 0.186. The molecule has 0 saturated heterocycles. The summed E-state index contributed by atoms with van der Waals surface area (Å²) in [7, 11) is 0. The van der Waals surface area contributed by atoms with Gasteiger partial charge in [0.05, 0.1) is 12.2 Å². The van der Waals surface area contributed by atoms with Crippen LogP contribution in [0.1, 0.15) is 76.1 Å². The van der Waals surface area contributed by atoms with Crippen molar-refractivity contribution in [2.75, 3.05) is 6.61 Å². The van der Waals surface area contributed by atoms with E-state index >= 15 is 0 Å². The first-order valence-corrected chi connectivity index (χ1v) is 10.4. The summed E-state index contributed by atoms with van der Waals surface area (Å²) < 4.78 is 5.55. The lowest BCUT2D eigenvalue weighted by Crippen LogP contribution is -2.52. The Morgan fingerprint density at radius 2 is 1.70 bits per heavy atom. The number of carbonyl (C=O) groups is 2. The molecule has 1 aliphatic carbocycles. The quantitative estimate of drug-likeness (QED) is 0.756. The maximum Gasteiger partial charge on any atom is 0.255 e. The Kier molecular flexibility index (Phi) is 8.62. The zero-order chi connectivity index (χ0) is 19.6. The molecule has 0 bridgehead atoms. The van der Waals surface area contributed by atoms with Gasteiger partial charge >= 0.3 is 0 Å². The Hall–Kier alpha value is -2.04. The standard InChI is InChI=1S/C22H34N2O3/c1-4-27-19-15-11-10-14-18(19)21(25)24-20(16(2)3)22(26)23-17-12-8-6-5-7-9-13-17/h10-11,14-17,20H,4-9,12-13H2,1-3H3,(H,23,26)(H,24,25)/t20-/m0/s1. The molecule has 1 saturated carbocycles. The Balaban J connectivity index is 2.03. The summed E-state index contributed by atoms with van der Waals surface area (Å²) in [4.78, 5) is 25.7. The van der Waals surface area contributed by atoms with Crippen LogP contribution >= 0.6 is 0 Å². The Morgan fingerprint density at radius 1 is 1.07 bits per heavy atom. The van der Waals surface area contributed by atoms with E-state index in [0.717, 1.165) is 25.7 Å². The summed E-state index contributed by atoms with van der Waals surface area (Å²) in [5, 5.41) is 6.10. The second-order valence-electron chi connectivity index (χ2n) is 7.67. The summed E-state index contributed by atoms with van der Waals surface area (Å²) in [6.45, 7) is 6.28. The third-order valence-corrected chi connectivity index (χ3v) is 5.12. The van der Waals surface area contributed by atoms with Crippen LogP contribution in [0.15, 0.2) is 24.3 Å². The molecule has 5 heteroatoms. The lowest BCUT2D eigenvalue weighted by atomic mass is 9.95. The Labute approximate surface area is 163 Å². The molecule has 2 rings (SSSR count). The SMILES string of the molecule is CCOc1ccccc1C(=O)N[C@H](C(=O)NC1CCCCCCC1)C(C)C. The first-order chi connectivity index (χ1) is 13.0. The molecule has 27 heavy (non-hydrogen) atoms. The van der Waals surface area contributed by atoms with Gasteiger partial charge in [0, 0.05) is 6.04 Å². The molecule has 1 fully saturated rings. The van der Waals surface area contributed by atoms with Gasteiger partial charge in [0.1, 0.15) is 11.8 Å². The van der Waals surface area contributed by atoms with Gasteiger partial charge in [-0.2, -0.15) is 0 Å². The van der Waals surface area contributed by atoms with Gasteiger partial charge < -0.3 is 15.4 Å². The zero-order valence-electron chi connectivity index (χ0n) is 16.9. The summed E-state index contributed by atoms with van der Waals surface area (Å²) in [6.07, 6.45) is 8.15. The normalized spacial score (nSPS) is 16.9. The van der Waals surface area contributed by atoms with E-state index in [0.29, 0.717) is 17.9 Å². The molecule has 1 atom stereocenters. The highest BCUT2D eigenvalue weighted by molar-refractivity contribution is 5.99. The number of hydrogen-bond donors (Lipinski definition) is 2. The van der Waals surface area contributed by atoms with Gasteiger partial charge in [0.2, 0.25) is 5.91 Å². The monoisotopic (exact) mass is 374 g/mol. The van der Waals surface area contributed by atoms with E-state index in [9.17, 15) is 9.59 Å². The van der Waals surface area contributed by atoms with Crippen molar-refractivity contribution < 1.29 is 14.3 Å². The van der Waals surface area contributed by atoms with E-state index in [-0.39, 0.29) is 23.8 Å². The number of benzene rings is 1. The van der Waals surface area contributed by atoms with E-state index in [1.54, 1.807) is 18.2 Å². The molecule has 150 valence electrons. The van der Waals surface area contributed by atoms with Crippen molar-refractivity contribution in [3.05, 3.63) is 29.8 Å². The summed E-state index contributed by atoms with van der Waals surface area (Å²) in [6, 6.07) is 6.80. The highest BCUT2D eigenvalue weighted by Crippen LogP contribution is 2.20. The number of carbonyl (C=O) groups excluding carboxylic acids is 2. The first-order valence-electron chi connectivity index (χ1n) is 10.4. The van der Waals surface area contributed by atoms with E-state index in [1.165, 1.54) is 19.3 Å². The largest absolute Gasteiger partial charge is 0.493 e. The minimum absolute atomic E-state index is 0.00163. The van der Waals surface area contributed by atoms with Crippen molar-refractivity contribution in [3.8, 4) is 5.75 Å². The number of rotatable bonds is 7. The van der Waals surface area contributed by atoms with Crippen LogP contribution in [0.4, 0.5) is 0 Å². The third kappa shape index (κ3) is 6.56. The van der Waals surface area contributed by atoms with Gasteiger partial charge in [-0.25, -0.2) is 0 Å². The van der Waals surface area contributed by atoms with Crippen molar-refractivity contribution in [2.24, 2.45) is 5.92 Å². The maximum atomic E-state index is 12.9. The average Bonchev–Trinajstić information content (AvgIpc) is 2.62. The van der Waals surface area contributed by atoms with E-state index in [1.807, 2.05) is 26.8 Å². The lowest BCUT2D eigenvalue weighted by Gasteiger charge is -2.27. The van der Waals surface area contributed by atoms with E-state index in [4.69, 9.17) is 4.74 Å². The van der Waals surface area contributed by atoms with Gasteiger partial charge in [-0.1, -0.05) is 58.1 Å². The zero-order valence-corrected chi connectivity index (χ0v) is 16.9. The van der Waals surface area contributed by atoms with Crippen LogP contribution < -0.4 is 15.4 Å². The highest BCUT2D eigenvalue weighted by atomic mass is 16.5. The van der Waals surface area contributed by atoms with Crippen LogP contribution in [0.5, 0.6) is 5.75 Å². The minimum Gasteiger partial charge on any atom is -0.493 e. The van der Waals surface area contributed by atoms with Crippen LogP contribution in [0.2, 0.25) is 0 Å². The predicted molar refractivity (Wildman–Crippen MR) is 108 cm³/mol. The molecule has 0 aliphatic heterocycles. The summed E-state index contributed by atoms with van der Waals surface area (Å²) >= 11 is 0. The molecule has 0 heterocycles. The van der Waals surface area contributed by atoms with Crippen LogP contribution in [0.25, 0.3) is 0 Å². The topological polar surface area (TPSA) is 67.4 Å². The fraction of sp³-hybridized carbons (Fsp3) is 0.636. The number of para-hydroxylation sites is 1. The Morgan fingerprint density at radius 3 is 2.33 bits per heavy atom. The Bertz CT molecular complexity index is 607. The smallest absolute Gasteiger partial charge is 0.255 e. The van der Waals surface area contributed by atoms with Crippen LogP contribution in [-0.2, 0) is 4.79 Å². The molecule has 1 aromatic rings. The number of ether oxygens (including phenoxy) is 1. The maximum absolute atomic E-state index is 12.9. The molecular formula is C22H34N2O3. The molecular weight excluding hydrogens is 340 g/mol. The van der Waals surface area contributed by atoms with Crippen molar-refractivity contribution in [3.63, 3.8) is 0 Å². The van der Waals surface area contributed by atoms with Gasteiger partial charge in [-0.3, -0.25) is 9.59 Å². The minimum atomic E-state index is -0.558. The predicted octanol–water partition coefficient (Wildman–Crippen LogP) is 4.07. The molecule has 2 N–H and O–H groups in total. The van der Waals surface area contributed by atoms with Gasteiger partial charge in [0.15, 0.2) is 0 Å². The van der Waals surface area contributed by atoms with Crippen molar-refractivity contribution >= 4 is 11.8 Å². The van der Waals surface area contributed by atoms with E-state index < -0.39 is 6.04 Å². The number of nitrogens with one attached hydrogen (secondary N) is 2.